The highest BCUT2D eigenvalue weighted by Gasteiger charge is 2.21. The molecule has 1 aliphatic rings. The fourth-order valence-electron chi connectivity index (χ4n) is 4.00. The van der Waals surface area contributed by atoms with Gasteiger partial charge in [-0.25, -0.2) is 4.98 Å². The van der Waals surface area contributed by atoms with E-state index in [4.69, 9.17) is 9.40 Å². The van der Waals surface area contributed by atoms with Gasteiger partial charge in [-0.2, -0.15) is 0 Å². The molecule has 2 aromatic carbocycles. The molecule has 4 rings (SSSR count). The summed E-state index contributed by atoms with van der Waals surface area (Å²) in [4.78, 5) is 7.27. The van der Waals surface area contributed by atoms with Crippen molar-refractivity contribution in [2.75, 3.05) is 13.1 Å². The van der Waals surface area contributed by atoms with Gasteiger partial charge in [0.05, 0.1) is 0 Å². The smallest absolute Gasteiger partial charge is 0.227 e. The number of likely N-dealkylation sites (tertiary alicyclic amines) is 1. The molecule has 3 aromatic rings. The highest BCUT2D eigenvalue weighted by Crippen LogP contribution is 2.28. The average molecular weight is 399 g/mol. The summed E-state index contributed by atoms with van der Waals surface area (Å²) in [5.41, 5.74) is 4.08. The van der Waals surface area contributed by atoms with Gasteiger partial charge in [0.25, 0.3) is 0 Å². The number of hydrogen-bond acceptors (Lipinski definition) is 3. The van der Waals surface area contributed by atoms with Crippen LogP contribution >= 0.6 is 15.9 Å². The molecule has 0 unspecified atom stereocenters. The average Bonchev–Trinajstić information content (AvgIpc) is 2.97. The Morgan fingerprint density at radius 3 is 2.68 bits per heavy atom. The van der Waals surface area contributed by atoms with E-state index in [-0.39, 0.29) is 0 Å². The summed E-state index contributed by atoms with van der Waals surface area (Å²) in [5, 5.41) is 0. The van der Waals surface area contributed by atoms with Crippen LogP contribution in [0, 0.1) is 11.8 Å². The van der Waals surface area contributed by atoms with Gasteiger partial charge in [0.15, 0.2) is 5.58 Å². The van der Waals surface area contributed by atoms with Gasteiger partial charge in [-0.1, -0.05) is 41.9 Å². The third-order valence-electron chi connectivity index (χ3n) is 4.87. The van der Waals surface area contributed by atoms with Crippen LogP contribution in [-0.4, -0.2) is 23.0 Å². The minimum Gasteiger partial charge on any atom is -0.436 e. The van der Waals surface area contributed by atoms with Crippen LogP contribution in [-0.2, 0) is 6.54 Å². The highest BCUT2D eigenvalue weighted by atomic mass is 79.9. The van der Waals surface area contributed by atoms with Crippen molar-refractivity contribution >= 4 is 27.0 Å². The Labute approximate surface area is 157 Å². The van der Waals surface area contributed by atoms with E-state index < -0.39 is 0 Å². The number of fused-ring (bicyclic) bond motifs is 1. The third kappa shape index (κ3) is 3.80. The van der Waals surface area contributed by atoms with E-state index >= 15 is 0 Å². The lowest BCUT2D eigenvalue weighted by Gasteiger charge is -2.34. The number of halogens is 1. The molecule has 1 aromatic heterocycles. The van der Waals surface area contributed by atoms with Crippen molar-refractivity contribution < 1.29 is 4.42 Å². The number of aromatic nitrogens is 1. The van der Waals surface area contributed by atoms with Crippen molar-refractivity contribution in [2.24, 2.45) is 11.8 Å². The van der Waals surface area contributed by atoms with E-state index in [0.717, 1.165) is 39.5 Å². The molecule has 0 amide bonds. The monoisotopic (exact) mass is 398 g/mol. The van der Waals surface area contributed by atoms with Gasteiger partial charge in [-0.3, -0.25) is 4.90 Å². The van der Waals surface area contributed by atoms with Crippen LogP contribution in [0.25, 0.3) is 22.6 Å². The quantitative estimate of drug-likeness (QED) is 0.563. The molecule has 0 spiro atoms. The first kappa shape index (κ1) is 16.8. The lowest BCUT2D eigenvalue weighted by molar-refractivity contribution is 0.134. The molecule has 3 nitrogen and oxygen atoms in total. The summed E-state index contributed by atoms with van der Waals surface area (Å²) in [7, 11) is 0. The second kappa shape index (κ2) is 6.93. The van der Waals surface area contributed by atoms with Gasteiger partial charge in [0, 0.05) is 29.7 Å². The van der Waals surface area contributed by atoms with Crippen molar-refractivity contribution in [1.29, 1.82) is 0 Å². The molecule has 2 heterocycles. The maximum atomic E-state index is 5.94. The van der Waals surface area contributed by atoms with E-state index in [2.05, 4.69) is 52.9 Å². The third-order valence-corrected chi connectivity index (χ3v) is 5.37. The lowest BCUT2D eigenvalue weighted by Crippen LogP contribution is -2.38. The molecular weight excluding hydrogens is 376 g/mol. The topological polar surface area (TPSA) is 29.3 Å². The van der Waals surface area contributed by atoms with Crippen LogP contribution in [0.1, 0.15) is 25.8 Å². The first-order chi connectivity index (χ1) is 12.1. The first-order valence-electron chi connectivity index (χ1n) is 8.94. The Kier molecular flexibility index (Phi) is 4.65. The summed E-state index contributed by atoms with van der Waals surface area (Å²) in [5.74, 6) is 2.24. The van der Waals surface area contributed by atoms with Gasteiger partial charge in [-0.15, -0.1) is 0 Å². The predicted octanol–water partition coefficient (Wildman–Crippen LogP) is 5.74. The molecule has 4 heteroatoms. The Morgan fingerprint density at radius 1 is 1.12 bits per heavy atom. The molecule has 0 saturated carbocycles. The van der Waals surface area contributed by atoms with E-state index in [1.165, 1.54) is 25.1 Å². The van der Waals surface area contributed by atoms with Crippen molar-refractivity contribution in [1.82, 2.24) is 9.88 Å². The number of nitrogens with zero attached hydrogens (tertiary/aromatic N) is 2. The number of benzene rings is 2. The van der Waals surface area contributed by atoms with Crippen LogP contribution in [0.15, 0.2) is 51.4 Å². The Bertz CT molecular complexity index is 878. The molecule has 0 N–H and O–H groups in total. The van der Waals surface area contributed by atoms with E-state index in [0.29, 0.717) is 5.89 Å². The molecule has 1 aliphatic heterocycles. The van der Waals surface area contributed by atoms with Crippen molar-refractivity contribution in [3.63, 3.8) is 0 Å². The van der Waals surface area contributed by atoms with Crippen LogP contribution < -0.4 is 0 Å². The van der Waals surface area contributed by atoms with Crippen molar-refractivity contribution in [3.05, 3.63) is 52.5 Å². The number of oxazole rings is 1. The standard InChI is InChI=1S/C21H23BrN2O/c1-14-8-15(2)12-24(11-14)13-16-6-7-20-19(9-16)23-21(25-20)17-4-3-5-18(22)10-17/h3-7,9-10,14-15H,8,11-13H2,1-2H3/t14-,15-/m0/s1. The maximum Gasteiger partial charge on any atom is 0.227 e. The summed E-state index contributed by atoms with van der Waals surface area (Å²) in [6.45, 7) is 8.07. The van der Waals surface area contributed by atoms with Crippen LogP contribution in [0.4, 0.5) is 0 Å². The predicted molar refractivity (Wildman–Crippen MR) is 105 cm³/mol. The minimum absolute atomic E-state index is 0.675. The maximum absolute atomic E-state index is 5.94. The summed E-state index contributed by atoms with van der Waals surface area (Å²) >= 11 is 3.50. The molecular formula is C21H23BrN2O. The van der Waals surface area contributed by atoms with Crippen LogP contribution in [0.5, 0.6) is 0 Å². The zero-order chi connectivity index (χ0) is 17.4. The van der Waals surface area contributed by atoms with Crippen LogP contribution in [0.2, 0.25) is 0 Å². The molecule has 1 saturated heterocycles. The highest BCUT2D eigenvalue weighted by molar-refractivity contribution is 9.10. The number of rotatable bonds is 3. The van der Waals surface area contributed by atoms with Crippen molar-refractivity contribution in [3.8, 4) is 11.5 Å². The van der Waals surface area contributed by atoms with Gasteiger partial charge < -0.3 is 4.42 Å². The molecule has 0 radical (unpaired) electrons. The zero-order valence-electron chi connectivity index (χ0n) is 14.7. The zero-order valence-corrected chi connectivity index (χ0v) is 16.3. The fraction of sp³-hybridized carbons (Fsp3) is 0.381. The summed E-state index contributed by atoms with van der Waals surface area (Å²) in [6.07, 6.45) is 1.34. The van der Waals surface area contributed by atoms with Gasteiger partial charge in [0.1, 0.15) is 5.52 Å². The SMILES string of the molecule is C[C@H]1C[C@H](C)CN(Cc2ccc3oc(-c4cccc(Br)c4)nc3c2)C1. The molecule has 0 bridgehead atoms. The second-order valence-electron chi connectivity index (χ2n) is 7.47. The van der Waals surface area contributed by atoms with Gasteiger partial charge in [-0.05, 0) is 54.2 Å². The van der Waals surface area contributed by atoms with Gasteiger partial charge in [0.2, 0.25) is 5.89 Å². The number of hydrogen-bond donors (Lipinski definition) is 0. The van der Waals surface area contributed by atoms with Crippen molar-refractivity contribution in [2.45, 2.75) is 26.8 Å². The van der Waals surface area contributed by atoms with Gasteiger partial charge >= 0.3 is 0 Å². The summed E-state index contributed by atoms with van der Waals surface area (Å²) < 4.78 is 6.97. The molecule has 25 heavy (non-hydrogen) atoms. The van der Waals surface area contributed by atoms with E-state index in [1.807, 2.05) is 24.3 Å². The minimum atomic E-state index is 0.675. The largest absolute Gasteiger partial charge is 0.436 e. The summed E-state index contributed by atoms with van der Waals surface area (Å²) in [6, 6.07) is 14.4. The van der Waals surface area contributed by atoms with E-state index in [1.54, 1.807) is 0 Å². The normalized spacial score (nSPS) is 21.7. The van der Waals surface area contributed by atoms with Crippen LogP contribution in [0.3, 0.4) is 0 Å². The molecule has 0 aliphatic carbocycles. The fourth-order valence-corrected chi connectivity index (χ4v) is 4.39. The Hall–Kier alpha value is -1.65. The lowest BCUT2D eigenvalue weighted by atomic mass is 9.91. The number of piperidine rings is 1. The molecule has 2 atom stereocenters. The second-order valence-corrected chi connectivity index (χ2v) is 8.39. The first-order valence-corrected chi connectivity index (χ1v) is 9.74. The Balaban J connectivity index is 1.58. The molecule has 130 valence electrons. The Morgan fingerprint density at radius 2 is 1.92 bits per heavy atom. The van der Waals surface area contributed by atoms with E-state index in [9.17, 15) is 0 Å². The molecule has 1 fully saturated rings.